The first kappa shape index (κ1) is 14.4. The predicted molar refractivity (Wildman–Crippen MR) is 61.3 cm³/mol. The zero-order valence-electron chi connectivity index (χ0n) is 9.99. The van der Waals surface area contributed by atoms with E-state index >= 15 is 0 Å². The number of carbonyl (C=O) groups excluding carboxylic acids is 1. The first-order valence-electron chi connectivity index (χ1n) is 5.65. The fourth-order valence-corrected chi connectivity index (χ4v) is 1.35. The number of aliphatic hydroxyl groups is 1. The molecule has 1 amide bonds. The van der Waals surface area contributed by atoms with Crippen molar-refractivity contribution in [1.82, 2.24) is 5.32 Å². The number of rotatable bonds is 7. The first-order valence-corrected chi connectivity index (χ1v) is 5.65. The van der Waals surface area contributed by atoms with Crippen LogP contribution < -0.4 is 11.1 Å². The molecule has 0 fully saturated rings. The molecule has 0 aromatic rings. The third-order valence-electron chi connectivity index (χ3n) is 2.73. The van der Waals surface area contributed by atoms with E-state index in [1.807, 2.05) is 20.8 Å². The molecule has 4 nitrogen and oxygen atoms in total. The first-order chi connectivity index (χ1) is 7.04. The summed E-state index contributed by atoms with van der Waals surface area (Å²) in [5, 5.41) is 11.9. The van der Waals surface area contributed by atoms with Crippen molar-refractivity contribution in [3.05, 3.63) is 0 Å². The summed E-state index contributed by atoms with van der Waals surface area (Å²) in [6.45, 7) is 6.50. The van der Waals surface area contributed by atoms with Crippen LogP contribution in [0.25, 0.3) is 0 Å². The third kappa shape index (κ3) is 5.74. The van der Waals surface area contributed by atoms with Gasteiger partial charge in [-0.25, -0.2) is 0 Å². The van der Waals surface area contributed by atoms with E-state index < -0.39 is 0 Å². The van der Waals surface area contributed by atoms with Gasteiger partial charge in [0.15, 0.2) is 0 Å². The molecule has 0 aliphatic carbocycles. The van der Waals surface area contributed by atoms with E-state index in [4.69, 9.17) is 10.8 Å². The maximum absolute atomic E-state index is 11.6. The zero-order chi connectivity index (χ0) is 11.8. The van der Waals surface area contributed by atoms with Gasteiger partial charge in [-0.3, -0.25) is 4.79 Å². The molecule has 90 valence electrons. The van der Waals surface area contributed by atoms with Crippen molar-refractivity contribution >= 4 is 5.91 Å². The number of carbonyl (C=O) groups is 1. The van der Waals surface area contributed by atoms with Gasteiger partial charge in [0, 0.05) is 6.42 Å². The van der Waals surface area contributed by atoms with Crippen molar-refractivity contribution < 1.29 is 9.90 Å². The molecule has 15 heavy (non-hydrogen) atoms. The van der Waals surface area contributed by atoms with Crippen LogP contribution in [-0.2, 0) is 4.79 Å². The fourth-order valence-electron chi connectivity index (χ4n) is 1.35. The standard InChI is InChI=1S/C11H24N2O2/c1-4-9(6-12)5-11(15)13-10(7-14)8(2)3/h8-10,14H,4-7,12H2,1-3H3,(H,13,15)/t9?,10-/m1/s1. The normalized spacial score (nSPS) is 15.1. The molecule has 0 saturated carbocycles. The summed E-state index contributed by atoms with van der Waals surface area (Å²) < 4.78 is 0. The number of nitrogens with two attached hydrogens (primary N) is 1. The molecule has 2 atom stereocenters. The summed E-state index contributed by atoms with van der Waals surface area (Å²) in [6.07, 6.45) is 1.37. The largest absolute Gasteiger partial charge is 0.394 e. The maximum atomic E-state index is 11.6. The molecule has 0 aliphatic rings. The van der Waals surface area contributed by atoms with E-state index in [0.717, 1.165) is 6.42 Å². The number of amides is 1. The van der Waals surface area contributed by atoms with Crippen molar-refractivity contribution in [2.24, 2.45) is 17.6 Å². The van der Waals surface area contributed by atoms with Crippen LogP contribution in [0.15, 0.2) is 0 Å². The quantitative estimate of drug-likeness (QED) is 0.580. The van der Waals surface area contributed by atoms with Gasteiger partial charge in [-0.15, -0.1) is 0 Å². The second kappa shape index (κ2) is 7.65. The molecule has 1 unspecified atom stereocenters. The van der Waals surface area contributed by atoms with Crippen LogP contribution in [0.5, 0.6) is 0 Å². The molecule has 0 saturated heterocycles. The maximum Gasteiger partial charge on any atom is 0.220 e. The summed E-state index contributed by atoms with van der Waals surface area (Å²) >= 11 is 0. The van der Waals surface area contributed by atoms with Crippen LogP contribution in [0.3, 0.4) is 0 Å². The van der Waals surface area contributed by atoms with Gasteiger partial charge in [-0.1, -0.05) is 27.2 Å². The average molecular weight is 216 g/mol. The van der Waals surface area contributed by atoms with Gasteiger partial charge < -0.3 is 16.2 Å². The minimum Gasteiger partial charge on any atom is -0.394 e. The molecule has 0 aromatic carbocycles. The molecule has 4 N–H and O–H groups in total. The van der Waals surface area contributed by atoms with E-state index in [0.29, 0.717) is 13.0 Å². The zero-order valence-corrected chi connectivity index (χ0v) is 9.99. The van der Waals surface area contributed by atoms with E-state index in [9.17, 15) is 4.79 Å². The van der Waals surface area contributed by atoms with Crippen molar-refractivity contribution in [1.29, 1.82) is 0 Å². The van der Waals surface area contributed by atoms with E-state index in [2.05, 4.69) is 5.32 Å². The highest BCUT2D eigenvalue weighted by molar-refractivity contribution is 5.76. The molecular formula is C11H24N2O2. The van der Waals surface area contributed by atoms with Crippen LogP contribution >= 0.6 is 0 Å². The SMILES string of the molecule is CCC(CN)CC(=O)N[C@H](CO)C(C)C. The second-order valence-electron chi connectivity index (χ2n) is 4.31. The molecule has 4 heteroatoms. The van der Waals surface area contributed by atoms with Gasteiger partial charge in [0.05, 0.1) is 12.6 Å². The van der Waals surface area contributed by atoms with Crippen molar-refractivity contribution in [3.63, 3.8) is 0 Å². The molecule has 0 aliphatic heterocycles. The van der Waals surface area contributed by atoms with E-state index in [1.54, 1.807) is 0 Å². The number of nitrogens with one attached hydrogen (secondary N) is 1. The minimum absolute atomic E-state index is 0.0111. The number of hydrogen-bond acceptors (Lipinski definition) is 3. The summed E-state index contributed by atoms with van der Waals surface area (Å²) in [5.74, 6) is 0.480. The predicted octanol–water partition coefficient (Wildman–Crippen LogP) is 0.495. The average Bonchev–Trinajstić information content (AvgIpc) is 2.22. The highest BCUT2D eigenvalue weighted by atomic mass is 16.3. The van der Waals surface area contributed by atoms with Crippen LogP contribution in [-0.4, -0.2) is 30.2 Å². The lowest BCUT2D eigenvalue weighted by molar-refractivity contribution is -0.123. The Balaban J connectivity index is 4.00. The minimum atomic E-state index is -0.146. The molecule has 0 radical (unpaired) electrons. The molecule has 0 rings (SSSR count). The molecular weight excluding hydrogens is 192 g/mol. The topological polar surface area (TPSA) is 75.4 Å². The van der Waals surface area contributed by atoms with Crippen LogP contribution in [0.1, 0.15) is 33.6 Å². The van der Waals surface area contributed by atoms with E-state index in [1.165, 1.54) is 0 Å². The number of hydrogen-bond donors (Lipinski definition) is 3. The molecule has 0 spiro atoms. The van der Waals surface area contributed by atoms with Crippen molar-refractivity contribution in [3.8, 4) is 0 Å². The third-order valence-corrected chi connectivity index (χ3v) is 2.73. The van der Waals surface area contributed by atoms with Gasteiger partial charge in [0.1, 0.15) is 0 Å². The Morgan fingerprint density at radius 1 is 1.47 bits per heavy atom. The summed E-state index contributed by atoms with van der Waals surface area (Å²) in [7, 11) is 0. The molecule has 0 bridgehead atoms. The second-order valence-corrected chi connectivity index (χ2v) is 4.31. The number of aliphatic hydroxyl groups excluding tert-OH is 1. The highest BCUT2D eigenvalue weighted by Gasteiger charge is 2.17. The van der Waals surface area contributed by atoms with Crippen LogP contribution in [0.2, 0.25) is 0 Å². The lowest BCUT2D eigenvalue weighted by Gasteiger charge is -2.21. The smallest absolute Gasteiger partial charge is 0.220 e. The van der Waals surface area contributed by atoms with Gasteiger partial charge in [-0.2, -0.15) is 0 Å². The molecule has 0 heterocycles. The van der Waals surface area contributed by atoms with Gasteiger partial charge in [-0.05, 0) is 18.4 Å². The Hall–Kier alpha value is -0.610. The van der Waals surface area contributed by atoms with Gasteiger partial charge in [0.2, 0.25) is 5.91 Å². The van der Waals surface area contributed by atoms with Crippen molar-refractivity contribution in [2.45, 2.75) is 39.7 Å². The van der Waals surface area contributed by atoms with E-state index in [-0.39, 0.29) is 30.4 Å². The van der Waals surface area contributed by atoms with Gasteiger partial charge in [0.25, 0.3) is 0 Å². The summed E-state index contributed by atoms with van der Waals surface area (Å²) in [6, 6.07) is -0.146. The Morgan fingerprint density at radius 2 is 2.07 bits per heavy atom. The summed E-state index contributed by atoms with van der Waals surface area (Å²) in [5.41, 5.74) is 5.53. The van der Waals surface area contributed by atoms with Crippen LogP contribution in [0, 0.1) is 11.8 Å². The molecule has 0 aromatic heterocycles. The Bertz CT molecular complexity index is 179. The Morgan fingerprint density at radius 3 is 2.40 bits per heavy atom. The lowest BCUT2D eigenvalue weighted by Crippen LogP contribution is -2.42. The Kier molecular flexibility index (Phi) is 7.34. The monoisotopic (exact) mass is 216 g/mol. The Labute approximate surface area is 92.2 Å². The van der Waals surface area contributed by atoms with Crippen molar-refractivity contribution in [2.75, 3.05) is 13.2 Å². The van der Waals surface area contributed by atoms with Gasteiger partial charge >= 0.3 is 0 Å². The fraction of sp³-hybridized carbons (Fsp3) is 0.909. The lowest BCUT2D eigenvalue weighted by atomic mass is 10.0. The summed E-state index contributed by atoms with van der Waals surface area (Å²) in [4.78, 5) is 11.6. The van der Waals surface area contributed by atoms with Crippen LogP contribution in [0.4, 0.5) is 0 Å². The highest BCUT2D eigenvalue weighted by Crippen LogP contribution is 2.07.